The summed E-state index contributed by atoms with van der Waals surface area (Å²) in [5.41, 5.74) is -4.32. The second-order valence-electron chi connectivity index (χ2n) is 4.86. The number of nitrogens with zero attached hydrogens (tertiary/aromatic N) is 3. The van der Waals surface area contributed by atoms with Gasteiger partial charge in [-0.3, -0.25) is 9.48 Å². The summed E-state index contributed by atoms with van der Waals surface area (Å²) in [6.45, 7) is 0.675. The van der Waals surface area contributed by atoms with Crippen molar-refractivity contribution >= 4 is 23.6 Å². The van der Waals surface area contributed by atoms with Gasteiger partial charge >= 0.3 is 11.5 Å². The molecule has 0 aliphatic carbocycles. The lowest BCUT2D eigenvalue weighted by Gasteiger charge is -2.32. The predicted octanol–water partition coefficient (Wildman–Crippen LogP) is 2.00. The van der Waals surface area contributed by atoms with E-state index in [1.165, 1.54) is 22.0 Å². The molecule has 0 radical (unpaired) electrons. The number of aromatic carboxylic acids is 1. The van der Waals surface area contributed by atoms with E-state index in [0.29, 0.717) is 25.9 Å². The van der Waals surface area contributed by atoms with Crippen molar-refractivity contribution in [1.82, 2.24) is 14.7 Å². The number of carboxylic acid groups (broad SMARTS) is 1. The minimum Gasteiger partial charge on any atom is -0.478 e. The quantitative estimate of drug-likeness (QED) is 0.909. The molecule has 0 bridgehead atoms. The monoisotopic (exact) mass is 337 g/mol. The van der Waals surface area contributed by atoms with Crippen LogP contribution in [-0.4, -0.2) is 56.0 Å². The molecule has 1 saturated heterocycles. The zero-order chi connectivity index (χ0) is 16.3. The summed E-state index contributed by atoms with van der Waals surface area (Å²) in [5, 5.41) is 12.8. The maximum atomic E-state index is 12.1. The topological polar surface area (TPSA) is 75.4 Å². The number of alkyl halides is 3. The van der Waals surface area contributed by atoms with Gasteiger partial charge in [-0.05, 0) is 24.6 Å². The van der Waals surface area contributed by atoms with Crippen LogP contribution in [0.1, 0.15) is 29.2 Å². The molecule has 1 aliphatic rings. The molecule has 0 atom stereocenters. The zero-order valence-corrected chi connectivity index (χ0v) is 12.2. The van der Waals surface area contributed by atoms with Gasteiger partial charge in [0.05, 0.1) is 23.6 Å². The number of likely N-dealkylation sites (tertiary alicyclic amines) is 1. The molecular weight excluding hydrogens is 323 g/mol. The van der Waals surface area contributed by atoms with Crippen molar-refractivity contribution in [2.45, 2.75) is 24.4 Å². The number of carbonyl (C=O) groups is 2. The second kappa shape index (κ2) is 6.59. The van der Waals surface area contributed by atoms with Crippen LogP contribution in [0.5, 0.6) is 0 Å². The molecule has 10 heteroatoms. The summed E-state index contributed by atoms with van der Waals surface area (Å²) in [4.78, 5) is 23.9. The number of hydrogen-bond donors (Lipinski definition) is 1. The van der Waals surface area contributed by atoms with Gasteiger partial charge in [0.25, 0.3) is 0 Å². The molecule has 1 N–H and O–H groups in total. The molecule has 0 unspecified atom stereocenters. The summed E-state index contributed by atoms with van der Waals surface area (Å²) < 4.78 is 37.7. The Labute approximate surface area is 128 Å². The second-order valence-corrected chi connectivity index (χ2v) is 5.90. The third-order valence-corrected chi connectivity index (χ3v) is 4.12. The van der Waals surface area contributed by atoms with Gasteiger partial charge in [-0.25, -0.2) is 4.79 Å². The summed E-state index contributed by atoms with van der Waals surface area (Å²) in [6, 6.07) is -0.0487. The average Bonchev–Trinajstić information content (AvgIpc) is 2.94. The van der Waals surface area contributed by atoms with Gasteiger partial charge in [-0.1, -0.05) is 0 Å². The van der Waals surface area contributed by atoms with E-state index in [-0.39, 0.29) is 23.4 Å². The molecule has 1 amide bonds. The molecular formula is C12H14F3N3O3S. The third kappa shape index (κ3) is 4.39. The lowest BCUT2D eigenvalue weighted by atomic mass is 10.1. The highest BCUT2D eigenvalue weighted by Crippen LogP contribution is 2.31. The smallest absolute Gasteiger partial charge is 0.442 e. The Morgan fingerprint density at radius 3 is 2.50 bits per heavy atom. The summed E-state index contributed by atoms with van der Waals surface area (Å²) in [7, 11) is 0. The van der Waals surface area contributed by atoms with E-state index in [9.17, 15) is 22.8 Å². The number of thioether (sulfide) groups is 1. The van der Waals surface area contributed by atoms with E-state index in [0.717, 1.165) is 0 Å². The fourth-order valence-electron chi connectivity index (χ4n) is 2.26. The van der Waals surface area contributed by atoms with E-state index in [4.69, 9.17) is 5.11 Å². The van der Waals surface area contributed by atoms with Gasteiger partial charge in [0.1, 0.15) is 0 Å². The minimum atomic E-state index is -4.41. The van der Waals surface area contributed by atoms with Crippen molar-refractivity contribution in [3.63, 3.8) is 0 Å². The molecule has 22 heavy (non-hydrogen) atoms. The fourth-order valence-corrected chi connectivity index (χ4v) is 2.73. The number of amides is 1. The molecule has 2 heterocycles. The predicted molar refractivity (Wildman–Crippen MR) is 72.6 cm³/mol. The molecule has 2 rings (SSSR count). The summed E-state index contributed by atoms with van der Waals surface area (Å²) in [6.07, 6.45) is 3.73. The number of carbonyl (C=O) groups excluding carboxylic acids is 1. The van der Waals surface area contributed by atoms with E-state index in [1.807, 2.05) is 0 Å². The normalized spacial score (nSPS) is 16.8. The van der Waals surface area contributed by atoms with Crippen molar-refractivity contribution < 1.29 is 27.9 Å². The molecule has 6 nitrogen and oxygen atoms in total. The first-order valence-electron chi connectivity index (χ1n) is 6.52. The number of hydrogen-bond acceptors (Lipinski definition) is 4. The first kappa shape index (κ1) is 16.7. The van der Waals surface area contributed by atoms with Crippen molar-refractivity contribution in [3.05, 3.63) is 18.0 Å². The standard InChI is InChI=1S/C12H14F3N3O3S/c13-12(14,15)22-7-10(19)17-3-1-9(2-4-17)18-6-8(5-16-18)11(20)21/h5-6,9H,1-4,7H2,(H,20,21). The fraction of sp³-hybridized carbons (Fsp3) is 0.583. The molecule has 1 aliphatic heterocycles. The lowest BCUT2D eigenvalue weighted by molar-refractivity contribution is -0.129. The minimum absolute atomic E-state index is 0.0487. The van der Waals surface area contributed by atoms with E-state index < -0.39 is 23.1 Å². The molecule has 1 aromatic heterocycles. The number of rotatable bonds is 4. The highest BCUT2D eigenvalue weighted by Gasteiger charge is 2.31. The Bertz CT molecular complexity index is 553. The van der Waals surface area contributed by atoms with Crippen LogP contribution in [0, 0.1) is 0 Å². The highest BCUT2D eigenvalue weighted by molar-refractivity contribution is 8.00. The Morgan fingerprint density at radius 1 is 1.36 bits per heavy atom. The van der Waals surface area contributed by atoms with Crippen LogP contribution in [0.25, 0.3) is 0 Å². The highest BCUT2D eigenvalue weighted by atomic mass is 32.2. The van der Waals surface area contributed by atoms with Crippen molar-refractivity contribution in [3.8, 4) is 0 Å². The van der Waals surface area contributed by atoms with Gasteiger partial charge in [0, 0.05) is 19.3 Å². The van der Waals surface area contributed by atoms with Gasteiger partial charge in [0.2, 0.25) is 5.91 Å². The average molecular weight is 337 g/mol. The molecule has 1 aromatic rings. The number of aromatic nitrogens is 2. The number of halogens is 3. The van der Waals surface area contributed by atoms with Crippen molar-refractivity contribution in [2.24, 2.45) is 0 Å². The van der Waals surface area contributed by atoms with E-state index in [2.05, 4.69) is 5.10 Å². The van der Waals surface area contributed by atoms with Crippen LogP contribution in [0.4, 0.5) is 13.2 Å². The molecule has 0 spiro atoms. The SMILES string of the molecule is O=C(O)c1cnn(C2CCN(C(=O)CSC(F)(F)F)CC2)c1. The third-order valence-electron chi connectivity index (χ3n) is 3.40. The first-order chi connectivity index (χ1) is 10.3. The van der Waals surface area contributed by atoms with Crippen LogP contribution in [0.15, 0.2) is 12.4 Å². The van der Waals surface area contributed by atoms with Crippen LogP contribution in [0.3, 0.4) is 0 Å². The summed E-state index contributed by atoms with van der Waals surface area (Å²) in [5.74, 6) is -2.21. The van der Waals surface area contributed by atoms with Crippen molar-refractivity contribution in [1.29, 1.82) is 0 Å². The van der Waals surface area contributed by atoms with Crippen LogP contribution in [0.2, 0.25) is 0 Å². The van der Waals surface area contributed by atoms with Crippen LogP contribution < -0.4 is 0 Å². The zero-order valence-electron chi connectivity index (χ0n) is 11.4. The summed E-state index contributed by atoms with van der Waals surface area (Å²) >= 11 is -0.335. The molecule has 0 saturated carbocycles. The van der Waals surface area contributed by atoms with Crippen molar-refractivity contribution in [2.75, 3.05) is 18.8 Å². The molecule has 1 fully saturated rings. The lowest BCUT2D eigenvalue weighted by Crippen LogP contribution is -2.40. The molecule has 122 valence electrons. The van der Waals surface area contributed by atoms with Gasteiger partial charge in [-0.2, -0.15) is 18.3 Å². The van der Waals surface area contributed by atoms with Gasteiger partial charge in [0.15, 0.2) is 0 Å². The Hall–Kier alpha value is -1.71. The largest absolute Gasteiger partial charge is 0.478 e. The Morgan fingerprint density at radius 2 is 2.00 bits per heavy atom. The van der Waals surface area contributed by atoms with Gasteiger partial charge < -0.3 is 10.0 Å². The number of piperidine rings is 1. The van der Waals surface area contributed by atoms with E-state index >= 15 is 0 Å². The number of carboxylic acids is 1. The first-order valence-corrected chi connectivity index (χ1v) is 7.51. The van der Waals surface area contributed by atoms with Crippen LogP contribution in [-0.2, 0) is 4.79 Å². The maximum absolute atomic E-state index is 12.1. The Balaban J connectivity index is 1.84. The molecule has 0 aromatic carbocycles. The van der Waals surface area contributed by atoms with Gasteiger partial charge in [-0.15, -0.1) is 0 Å². The van der Waals surface area contributed by atoms with E-state index in [1.54, 1.807) is 0 Å². The maximum Gasteiger partial charge on any atom is 0.442 e. The van der Waals surface area contributed by atoms with Crippen LogP contribution >= 0.6 is 11.8 Å². The Kier molecular flexibility index (Phi) is 4.99.